The van der Waals surface area contributed by atoms with E-state index in [1.807, 2.05) is 0 Å². The lowest BCUT2D eigenvalue weighted by atomic mass is 10.3. The molecule has 0 saturated carbocycles. The zero-order valence-corrected chi connectivity index (χ0v) is 12.2. The number of nitrogens with one attached hydrogen (secondary N) is 4. The van der Waals surface area contributed by atoms with Crippen molar-refractivity contribution in [2.45, 2.75) is 17.9 Å². The summed E-state index contributed by atoms with van der Waals surface area (Å²) in [6.45, 7) is 1.32. The monoisotopic (exact) mass is 328 g/mol. The molecule has 0 aliphatic rings. The van der Waals surface area contributed by atoms with Crippen molar-refractivity contribution in [3.05, 3.63) is 36.4 Å². The van der Waals surface area contributed by atoms with Gasteiger partial charge in [-0.3, -0.25) is 15.6 Å². The fraction of sp³-hybridized carbons (Fsp3) is 0.182. The lowest BCUT2D eigenvalue weighted by molar-refractivity contribution is -0.121. The number of sulfonamides is 1. The second kappa shape index (κ2) is 6.49. The van der Waals surface area contributed by atoms with E-state index in [1.165, 1.54) is 25.4 Å². The molecule has 0 spiro atoms. The molecule has 0 radical (unpaired) electrons. The van der Waals surface area contributed by atoms with Crippen molar-refractivity contribution in [2.24, 2.45) is 0 Å². The van der Waals surface area contributed by atoms with Crippen LogP contribution in [0.4, 0.5) is 10.3 Å². The Balaban J connectivity index is 1.99. The number of carbonyl (C=O) groups is 1. The highest BCUT2D eigenvalue weighted by Gasteiger charge is 2.24. The van der Waals surface area contributed by atoms with E-state index in [4.69, 9.17) is 0 Å². The number of hydrazine groups is 1. The molecule has 0 aliphatic heterocycles. The molecule has 0 fully saturated rings. The summed E-state index contributed by atoms with van der Waals surface area (Å²) < 4.78 is 39.6. The first-order valence-corrected chi connectivity index (χ1v) is 7.56. The van der Waals surface area contributed by atoms with Crippen LogP contribution in [0.3, 0.4) is 0 Å². The molecule has 1 amide bonds. The van der Waals surface area contributed by atoms with Gasteiger partial charge in [-0.05, 0) is 19.1 Å². The van der Waals surface area contributed by atoms with E-state index in [0.29, 0.717) is 0 Å². The zero-order chi connectivity index (χ0) is 16.2. The van der Waals surface area contributed by atoms with Gasteiger partial charge in [-0.2, -0.15) is 14.8 Å². The summed E-state index contributed by atoms with van der Waals surface area (Å²) in [5, 5.41) is 5.99. The third-order valence-electron chi connectivity index (χ3n) is 2.57. The standard InChI is InChI=1S/C11H13FN6O3S/c1-7(10(19)15-17-11-13-6-14-16-11)18-22(20,21)9-5-3-2-4-8(9)12/h2-7,18H,1H3,(H,15,19)(H2,13,14,16,17). The summed E-state index contributed by atoms with van der Waals surface area (Å²) in [7, 11) is -4.16. The number of halogens is 1. The first kappa shape index (κ1) is 15.9. The molecule has 1 unspecified atom stereocenters. The van der Waals surface area contributed by atoms with Crippen molar-refractivity contribution in [1.82, 2.24) is 25.3 Å². The fourth-order valence-corrected chi connectivity index (χ4v) is 2.79. The Labute approximate surface area is 125 Å². The molecule has 2 rings (SSSR count). The highest BCUT2D eigenvalue weighted by molar-refractivity contribution is 7.89. The van der Waals surface area contributed by atoms with E-state index in [2.05, 4.69) is 30.8 Å². The highest BCUT2D eigenvalue weighted by atomic mass is 32.2. The minimum atomic E-state index is -4.16. The average molecular weight is 328 g/mol. The van der Waals surface area contributed by atoms with Gasteiger partial charge in [-0.15, -0.1) is 0 Å². The van der Waals surface area contributed by atoms with Gasteiger partial charge in [-0.1, -0.05) is 12.1 Å². The van der Waals surface area contributed by atoms with Gasteiger partial charge < -0.3 is 0 Å². The van der Waals surface area contributed by atoms with Crippen molar-refractivity contribution >= 4 is 21.9 Å². The number of benzene rings is 1. The van der Waals surface area contributed by atoms with Gasteiger partial charge in [0.15, 0.2) is 0 Å². The second-order valence-corrected chi connectivity index (χ2v) is 5.90. The summed E-state index contributed by atoms with van der Waals surface area (Å²) >= 11 is 0. The van der Waals surface area contributed by atoms with Crippen molar-refractivity contribution in [3.8, 4) is 0 Å². The summed E-state index contributed by atoms with van der Waals surface area (Å²) in [5.74, 6) is -1.41. The Morgan fingerprint density at radius 3 is 2.73 bits per heavy atom. The molecule has 2 aromatic rings. The summed E-state index contributed by atoms with van der Waals surface area (Å²) in [6.07, 6.45) is 1.22. The maximum Gasteiger partial charge on any atom is 0.256 e. The number of rotatable bonds is 6. The number of hydrogen-bond donors (Lipinski definition) is 4. The maximum atomic E-state index is 13.5. The summed E-state index contributed by atoms with van der Waals surface area (Å²) in [5.41, 5.74) is 4.63. The van der Waals surface area contributed by atoms with Crippen LogP contribution >= 0.6 is 0 Å². The summed E-state index contributed by atoms with van der Waals surface area (Å²) in [6, 6.07) is 3.74. The fourth-order valence-electron chi connectivity index (χ4n) is 1.51. The van der Waals surface area contributed by atoms with E-state index in [9.17, 15) is 17.6 Å². The SMILES string of the molecule is CC(NS(=O)(=O)c1ccccc1F)C(=O)NNc1ncn[nH]1. The minimum absolute atomic E-state index is 0.178. The molecular formula is C11H13FN6O3S. The summed E-state index contributed by atoms with van der Waals surface area (Å²) in [4.78, 5) is 14.9. The van der Waals surface area contributed by atoms with Gasteiger partial charge in [-0.25, -0.2) is 17.9 Å². The van der Waals surface area contributed by atoms with Crippen LogP contribution in [0.15, 0.2) is 35.5 Å². The van der Waals surface area contributed by atoms with Crippen molar-refractivity contribution in [3.63, 3.8) is 0 Å². The molecule has 1 heterocycles. The molecule has 9 nitrogen and oxygen atoms in total. The molecule has 0 bridgehead atoms. The Bertz CT molecular complexity index is 749. The number of carbonyl (C=O) groups excluding carboxylic acids is 1. The minimum Gasteiger partial charge on any atom is -0.271 e. The number of aromatic amines is 1. The number of nitrogens with zero attached hydrogens (tertiary/aromatic N) is 2. The Kier molecular flexibility index (Phi) is 4.68. The van der Waals surface area contributed by atoms with Gasteiger partial charge in [0.25, 0.3) is 5.91 Å². The molecule has 0 aliphatic carbocycles. The van der Waals surface area contributed by atoms with E-state index >= 15 is 0 Å². The second-order valence-electron chi connectivity index (χ2n) is 4.22. The van der Waals surface area contributed by atoms with Crippen molar-refractivity contribution in [1.29, 1.82) is 0 Å². The molecule has 0 saturated heterocycles. The maximum absolute atomic E-state index is 13.5. The van der Waals surface area contributed by atoms with Crippen LogP contribution in [0.25, 0.3) is 0 Å². The highest BCUT2D eigenvalue weighted by Crippen LogP contribution is 2.13. The van der Waals surface area contributed by atoms with Crippen molar-refractivity contribution in [2.75, 3.05) is 5.43 Å². The Hall–Kier alpha value is -2.53. The molecule has 11 heteroatoms. The Morgan fingerprint density at radius 2 is 2.09 bits per heavy atom. The third-order valence-corrected chi connectivity index (χ3v) is 4.14. The van der Waals surface area contributed by atoms with Gasteiger partial charge >= 0.3 is 0 Å². The predicted molar refractivity (Wildman–Crippen MR) is 74.3 cm³/mol. The van der Waals surface area contributed by atoms with Crippen LogP contribution in [0, 0.1) is 5.82 Å². The van der Waals surface area contributed by atoms with Crippen LogP contribution < -0.4 is 15.6 Å². The Morgan fingerprint density at radius 1 is 1.36 bits per heavy atom. The first-order chi connectivity index (χ1) is 10.4. The van der Waals surface area contributed by atoms with Crippen LogP contribution in [0.1, 0.15) is 6.92 Å². The van der Waals surface area contributed by atoms with Crippen molar-refractivity contribution < 1.29 is 17.6 Å². The van der Waals surface area contributed by atoms with E-state index in [1.54, 1.807) is 0 Å². The average Bonchev–Trinajstić information content (AvgIpc) is 2.97. The van der Waals surface area contributed by atoms with Crippen LogP contribution in [0.2, 0.25) is 0 Å². The first-order valence-electron chi connectivity index (χ1n) is 6.08. The normalized spacial score (nSPS) is 12.6. The lowest BCUT2D eigenvalue weighted by Crippen LogP contribution is -2.46. The molecule has 118 valence electrons. The lowest BCUT2D eigenvalue weighted by Gasteiger charge is -2.14. The number of anilines is 1. The number of amides is 1. The molecular weight excluding hydrogens is 315 g/mol. The van der Waals surface area contributed by atoms with Crippen LogP contribution in [-0.2, 0) is 14.8 Å². The predicted octanol–water partition coefficient (Wildman–Crippen LogP) is -0.246. The van der Waals surface area contributed by atoms with Gasteiger partial charge in [0, 0.05) is 0 Å². The number of aromatic nitrogens is 3. The van der Waals surface area contributed by atoms with Crippen LogP contribution in [-0.4, -0.2) is 35.5 Å². The largest absolute Gasteiger partial charge is 0.271 e. The zero-order valence-electron chi connectivity index (χ0n) is 11.4. The van der Waals surface area contributed by atoms with E-state index in [0.717, 1.165) is 12.1 Å². The van der Waals surface area contributed by atoms with Crippen LogP contribution in [0.5, 0.6) is 0 Å². The quantitative estimate of drug-likeness (QED) is 0.541. The topological polar surface area (TPSA) is 129 Å². The number of hydrogen-bond acceptors (Lipinski definition) is 6. The molecule has 4 N–H and O–H groups in total. The number of H-pyrrole nitrogens is 1. The van der Waals surface area contributed by atoms with Gasteiger partial charge in [0.2, 0.25) is 16.0 Å². The smallest absolute Gasteiger partial charge is 0.256 e. The van der Waals surface area contributed by atoms with E-state index in [-0.39, 0.29) is 5.95 Å². The molecule has 1 aromatic carbocycles. The molecule has 1 atom stereocenters. The molecule has 22 heavy (non-hydrogen) atoms. The van der Waals surface area contributed by atoms with Gasteiger partial charge in [0.05, 0.1) is 6.04 Å². The third kappa shape index (κ3) is 3.77. The molecule has 1 aromatic heterocycles. The van der Waals surface area contributed by atoms with Gasteiger partial charge in [0.1, 0.15) is 17.0 Å². The van der Waals surface area contributed by atoms with E-state index < -0.39 is 32.7 Å².